The Labute approximate surface area is 123 Å². The fourth-order valence-corrected chi connectivity index (χ4v) is 3.49. The SMILES string of the molecule is NCC1(Cc2ccc(Br)cc2)CCc2ccccc21. The predicted molar refractivity (Wildman–Crippen MR) is 83.3 cm³/mol. The van der Waals surface area contributed by atoms with Crippen molar-refractivity contribution in [3.05, 3.63) is 69.7 Å². The van der Waals surface area contributed by atoms with Gasteiger partial charge in [0.25, 0.3) is 0 Å². The molecular weight excluding hydrogens is 298 g/mol. The molecule has 0 amide bonds. The molecule has 19 heavy (non-hydrogen) atoms. The van der Waals surface area contributed by atoms with E-state index in [2.05, 4.69) is 64.5 Å². The summed E-state index contributed by atoms with van der Waals surface area (Å²) in [5.74, 6) is 0. The number of nitrogens with two attached hydrogens (primary N) is 1. The Morgan fingerprint density at radius 1 is 1.05 bits per heavy atom. The lowest BCUT2D eigenvalue weighted by Gasteiger charge is -2.29. The summed E-state index contributed by atoms with van der Waals surface area (Å²) < 4.78 is 1.13. The second kappa shape index (κ2) is 5.10. The Hall–Kier alpha value is -1.12. The van der Waals surface area contributed by atoms with Crippen molar-refractivity contribution in [1.82, 2.24) is 0 Å². The van der Waals surface area contributed by atoms with Crippen molar-refractivity contribution < 1.29 is 0 Å². The van der Waals surface area contributed by atoms with Crippen LogP contribution in [0.5, 0.6) is 0 Å². The zero-order valence-corrected chi connectivity index (χ0v) is 12.5. The van der Waals surface area contributed by atoms with Crippen LogP contribution in [0.3, 0.4) is 0 Å². The molecule has 0 aromatic heterocycles. The molecule has 98 valence electrons. The van der Waals surface area contributed by atoms with Gasteiger partial charge in [-0.1, -0.05) is 52.3 Å². The highest BCUT2D eigenvalue weighted by molar-refractivity contribution is 9.10. The number of hydrogen-bond donors (Lipinski definition) is 1. The second-order valence-corrected chi connectivity index (χ2v) is 6.36. The average Bonchev–Trinajstić information content (AvgIpc) is 2.81. The van der Waals surface area contributed by atoms with Crippen LogP contribution < -0.4 is 5.73 Å². The summed E-state index contributed by atoms with van der Waals surface area (Å²) >= 11 is 3.49. The topological polar surface area (TPSA) is 26.0 Å². The highest BCUT2D eigenvalue weighted by atomic mass is 79.9. The van der Waals surface area contributed by atoms with Crippen LogP contribution in [0.2, 0.25) is 0 Å². The van der Waals surface area contributed by atoms with Gasteiger partial charge in [0.2, 0.25) is 0 Å². The monoisotopic (exact) mass is 315 g/mol. The van der Waals surface area contributed by atoms with Gasteiger partial charge in [0, 0.05) is 16.4 Å². The first-order valence-corrected chi connectivity index (χ1v) is 7.56. The second-order valence-electron chi connectivity index (χ2n) is 5.44. The van der Waals surface area contributed by atoms with Crippen molar-refractivity contribution in [3.8, 4) is 0 Å². The van der Waals surface area contributed by atoms with Crippen LogP contribution >= 0.6 is 15.9 Å². The number of halogens is 1. The van der Waals surface area contributed by atoms with E-state index in [4.69, 9.17) is 5.73 Å². The summed E-state index contributed by atoms with van der Waals surface area (Å²) in [7, 11) is 0. The molecule has 0 fully saturated rings. The summed E-state index contributed by atoms with van der Waals surface area (Å²) in [6, 6.07) is 17.4. The third-order valence-electron chi connectivity index (χ3n) is 4.31. The number of fused-ring (bicyclic) bond motifs is 1. The van der Waals surface area contributed by atoms with Gasteiger partial charge in [0.05, 0.1) is 0 Å². The van der Waals surface area contributed by atoms with Crippen LogP contribution in [0.25, 0.3) is 0 Å². The fraction of sp³-hybridized carbons (Fsp3) is 0.294. The Balaban J connectivity index is 1.95. The Morgan fingerprint density at radius 3 is 2.53 bits per heavy atom. The lowest BCUT2D eigenvalue weighted by atomic mass is 9.77. The predicted octanol–water partition coefficient (Wildman–Crippen LogP) is 3.83. The Bertz CT molecular complexity index is 576. The maximum atomic E-state index is 6.15. The average molecular weight is 316 g/mol. The number of aryl methyl sites for hydroxylation is 1. The van der Waals surface area contributed by atoms with Gasteiger partial charge in [0.15, 0.2) is 0 Å². The van der Waals surface area contributed by atoms with Gasteiger partial charge in [-0.3, -0.25) is 0 Å². The molecule has 3 rings (SSSR count). The van der Waals surface area contributed by atoms with Crippen LogP contribution in [0.4, 0.5) is 0 Å². The lowest BCUT2D eigenvalue weighted by molar-refractivity contribution is 0.432. The van der Waals surface area contributed by atoms with Crippen LogP contribution in [0.1, 0.15) is 23.1 Å². The minimum atomic E-state index is 0.129. The van der Waals surface area contributed by atoms with E-state index >= 15 is 0 Å². The molecule has 0 spiro atoms. The zero-order valence-electron chi connectivity index (χ0n) is 10.9. The van der Waals surface area contributed by atoms with Crippen LogP contribution in [-0.2, 0) is 18.3 Å². The van der Waals surface area contributed by atoms with Crippen molar-refractivity contribution >= 4 is 15.9 Å². The Kier molecular flexibility index (Phi) is 3.46. The van der Waals surface area contributed by atoms with E-state index < -0.39 is 0 Å². The van der Waals surface area contributed by atoms with E-state index in [1.54, 1.807) is 0 Å². The molecule has 1 aliphatic rings. The third kappa shape index (κ3) is 2.35. The minimum absolute atomic E-state index is 0.129. The van der Waals surface area contributed by atoms with E-state index in [-0.39, 0.29) is 5.41 Å². The van der Waals surface area contributed by atoms with Crippen LogP contribution in [0.15, 0.2) is 53.0 Å². The first-order chi connectivity index (χ1) is 9.23. The standard InChI is InChI=1S/C17H18BrN/c18-15-7-5-13(6-8-15)11-17(12-19)10-9-14-3-1-2-4-16(14)17/h1-8H,9-12,19H2. The van der Waals surface area contributed by atoms with Gasteiger partial charge < -0.3 is 5.73 Å². The van der Waals surface area contributed by atoms with E-state index in [9.17, 15) is 0 Å². The molecule has 1 nitrogen and oxygen atoms in total. The summed E-state index contributed by atoms with van der Waals surface area (Å²) in [6.07, 6.45) is 3.36. The molecule has 1 atom stereocenters. The number of rotatable bonds is 3. The Morgan fingerprint density at radius 2 is 1.79 bits per heavy atom. The van der Waals surface area contributed by atoms with Crippen molar-refractivity contribution in [2.45, 2.75) is 24.7 Å². The molecular formula is C17H18BrN. The van der Waals surface area contributed by atoms with Gasteiger partial charge in [-0.05, 0) is 48.1 Å². The molecule has 1 aliphatic carbocycles. The summed E-state index contributed by atoms with van der Waals surface area (Å²) in [5, 5.41) is 0. The first kappa shape index (κ1) is 12.9. The van der Waals surface area contributed by atoms with Crippen molar-refractivity contribution in [1.29, 1.82) is 0 Å². The largest absolute Gasteiger partial charge is 0.330 e. The van der Waals surface area contributed by atoms with Crippen molar-refractivity contribution in [2.24, 2.45) is 5.73 Å². The molecule has 0 radical (unpaired) electrons. The van der Waals surface area contributed by atoms with E-state index in [0.717, 1.165) is 23.9 Å². The highest BCUT2D eigenvalue weighted by Gasteiger charge is 2.37. The highest BCUT2D eigenvalue weighted by Crippen LogP contribution is 2.40. The first-order valence-electron chi connectivity index (χ1n) is 6.76. The molecule has 2 N–H and O–H groups in total. The zero-order chi connectivity index (χ0) is 13.3. The molecule has 0 saturated heterocycles. The molecule has 0 heterocycles. The van der Waals surface area contributed by atoms with E-state index in [0.29, 0.717) is 0 Å². The van der Waals surface area contributed by atoms with Crippen LogP contribution in [0, 0.1) is 0 Å². The van der Waals surface area contributed by atoms with Gasteiger partial charge in [-0.2, -0.15) is 0 Å². The fourth-order valence-electron chi connectivity index (χ4n) is 3.23. The number of hydrogen-bond acceptors (Lipinski definition) is 1. The normalized spacial score (nSPS) is 21.4. The molecule has 0 saturated carbocycles. The third-order valence-corrected chi connectivity index (χ3v) is 4.84. The van der Waals surface area contributed by atoms with Crippen molar-refractivity contribution in [2.75, 3.05) is 6.54 Å². The number of benzene rings is 2. The molecule has 2 aromatic carbocycles. The summed E-state index contributed by atoms with van der Waals surface area (Å²) in [6.45, 7) is 0.722. The molecule has 2 aromatic rings. The lowest BCUT2D eigenvalue weighted by Crippen LogP contribution is -2.35. The van der Waals surface area contributed by atoms with Gasteiger partial charge in [0.1, 0.15) is 0 Å². The molecule has 0 bridgehead atoms. The van der Waals surface area contributed by atoms with E-state index in [1.807, 2.05) is 0 Å². The van der Waals surface area contributed by atoms with Crippen LogP contribution in [-0.4, -0.2) is 6.54 Å². The quantitative estimate of drug-likeness (QED) is 0.915. The maximum absolute atomic E-state index is 6.15. The molecule has 1 unspecified atom stereocenters. The smallest absolute Gasteiger partial charge is 0.0175 e. The summed E-state index contributed by atoms with van der Waals surface area (Å²) in [4.78, 5) is 0. The molecule has 0 aliphatic heterocycles. The minimum Gasteiger partial charge on any atom is -0.330 e. The van der Waals surface area contributed by atoms with Gasteiger partial charge in [-0.15, -0.1) is 0 Å². The van der Waals surface area contributed by atoms with E-state index in [1.165, 1.54) is 23.1 Å². The van der Waals surface area contributed by atoms with Gasteiger partial charge in [-0.25, -0.2) is 0 Å². The van der Waals surface area contributed by atoms with Gasteiger partial charge >= 0.3 is 0 Å². The molecule has 2 heteroatoms. The van der Waals surface area contributed by atoms with Crippen molar-refractivity contribution in [3.63, 3.8) is 0 Å². The maximum Gasteiger partial charge on any atom is 0.0175 e. The summed E-state index contributed by atoms with van der Waals surface area (Å²) in [5.41, 5.74) is 10.6.